The van der Waals surface area contributed by atoms with Crippen molar-refractivity contribution in [2.75, 3.05) is 6.54 Å². The maximum atomic E-state index is 11.9. The smallest absolute Gasteiger partial charge is 0.220 e. The van der Waals surface area contributed by atoms with Crippen LogP contribution in [-0.4, -0.2) is 12.5 Å². The van der Waals surface area contributed by atoms with Crippen molar-refractivity contribution >= 4 is 5.91 Å². The lowest BCUT2D eigenvalue weighted by Gasteiger charge is -2.21. The van der Waals surface area contributed by atoms with Crippen molar-refractivity contribution in [3.63, 3.8) is 0 Å². The fourth-order valence-electron chi connectivity index (χ4n) is 3.13. The molecule has 1 saturated carbocycles. The van der Waals surface area contributed by atoms with Crippen LogP contribution in [-0.2, 0) is 4.79 Å². The summed E-state index contributed by atoms with van der Waals surface area (Å²) in [5.74, 6) is 0.961. The number of carbonyl (C=O) groups is 1. The zero-order chi connectivity index (χ0) is 14.9. The Morgan fingerprint density at radius 2 is 1.90 bits per heavy atom. The lowest BCUT2D eigenvalue weighted by molar-refractivity contribution is -0.121. The van der Waals surface area contributed by atoms with Gasteiger partial charge in [-0.05, 0) is 24.3 Å². The number of nitrogens with two attached hydrogens (primary N) is 1. The second kappa shape index (κ2) is 8.83. The van der Waals surface area contributed by atoms with E-state index in [9.17, 15) is 4.79 Å². The first-order valence-electron chi connectivity index (χ1n) is 8.33. The Hall–Kier alpha value is -1.35. The third-order valence-electron chi connectivity index (χ3n) is 4.51. The van der Waals surface area contributed by atoms with Gasteiger partial charge in [-0.3, -0.25) is 4.79 Å². The molecule has 116 valence electrons. The van der Waals surface area contributed by atoms with E-state index in [4.69, 9.17) is 5.73 Å². The van der Waals surface area contributed by atoms with Gasteiger partial charge in [0.15, 0.2) is 0 Å². The van der Waals surface area contributed by atoms with E-state index in [0.717, 1.165) is 24.4 Å². The molecule has 1 aromatic rings. The molecule has 0 aliphatic heterocycles. The average Bonchev–Trinajstić information content (AvgIpc) is 2.54. The third kappa shape index (κ3) is 5.88. The zero-order valence-electron chi connectivity index (χ0n) is 12.9. The van der Waals surface area contributed by atoms with Gasteiger partial charge in [0.25, 0.3) is 0 Å². The highest BCUT2D eigenvalue weighted by Gasteiger charge is 2.13. The van der Waals surface area contributed by atoms with E-state index in [2.05, 4.69) is 5.32 Å². The minimum Gasteiger partial charge on any atom is -0.356 e. The number of hydrogen-bond donors (Lipinski definition) is 2. The van der Waals surface area contributed by atoms with Gasteiger partial charge in [-0.1, -0.05) is 62.4 Å². The van der Waals surface area contributed by atoms with Crippen molar-refractivity contribution in [2.45, 2.75) is 57.4 Å². The largest absolute Gasteiger partial charge is 0.356 e. The number of nitrogens with one attached hydrogen (secondary N) is 1. The molecule has 0 radical (unpaired) electrons. The number of amides is 1. The number of hydrogen-bond acceptors (Lipinski definition) is 2. The van der Waals surface area contributed by atoms with Gasteiger partial charge in [0.2, 0.25) is 5.91 Å². The molecule has 1 fully saturated rings. The first kappa shape index (κ1) is 16.0. The Labute approximate surface area is 128 Å². The Kier molecular flexibility index (Phi) is 6.74. The lowest BCUT2D eigenvalue weighted by Crippen LogP contribution is -2.27. The molecule has 0 spiro atoms. The third-order valence-corrected chi connectivity index (χ3v) is 4.51. The summed E-state index contributed by atoms with van der Waals surface area (Å²) in [5, 5.41) is 3.04. The predicted molar refractivity (Wildman–Crippen MR) is 86.8 cm³/mol. The SMILES string of the molecule is NC(CCC(=O)NCCC1CCCCC1)c1ccccc1. The maximum Gasteiger partial charge on any atom is 0.220 e. The van der Waals surface area contributed by atoms with Crippen LogP contribution < -0.4 is 11.1 Å². The van der Waals surface area contributed by atoms with Gasteiger partial charge in [0.05, 0.1) is 0 Å². The monoisotopic (exact) mass is 288 g/mol. The quantitative estimate of drug-likeness (QED) is 0.806. The van der Waals surface area contributed by atoms with Crippen molar-refractivity contribution in [3.05, 3.63) is 35.9 Å². The van der Waals surface area contributed by atoms with Crippen LogP contribution in [0.1, 0.15) is 63.0 Å². The number of rotatable bonds is 7. The van der Waals surface area contributed by atoms with Crippen LogP contribution in [0.15, 0.2) is 30.3 Å². The molecule has 2 rings (SSSR count). The molecule has 1 atom stereocenters. The molecule has 21 heavy (non-hydrogen) atoms. The normalized spacial score (nSPS) is 17.4. The minimum atomic E-state index is -0.0460. The first-order chi connectivity index (χ1) is 10.3. The summed E-state index contributed by atoms with van der Waals surface area (Å²) in [5.41, 5.74) is 7.21. The van der Waals surface area contributed by atoms with Crippen LogP contribution in [0.25, 0.3) is 0 Å². The molecule has 1 aliphatic rings. The average molecular weight is 288 g/mol. The summed E-state index contributed by atoms with van der Waals surface area (Å²) in [6.07, 6.45) is 9.16. The molecule has 0 bridgehead atoms. The van der Waals surface area contributed by atoms with Crippen molar-refractivity contribution in [1.82, 2.24) is 5.32 Å². The highest BCUT2D eigenvalue weighted by atomic mass is 16.1. The summed E-state index contributed by atoms with van der Waals surface area (Å²) < 4.78 is 0. The fraction of sp³-hybridized carbons (Fsp3) is 0.611. The summed E-state index contributed by atoms with van der Waals surface area (Å²) in [7, 11) is 0. The van der Waals surface area contributed by atoms with E-state index in [1.54, 1.807) is 0 Å². The van der Waals surface area contributed by atoms with Crippen LogP contribution >= 0.6 is 0 Å². The van der Waals surface area contributed by atoms with Gasteiger partial charge in [-0.2, -0.15) is 0 Å². The highest BCUT2D eigenvalue weighted by Crippen LogP contribution is 2.25. The van der Waals surface area contributed by atoms with Gasteiger partial charge in [0.1, 0.15) is 0 Å². The van der Waals surface area contributed by atoms with E-state index in [-0.39, 0.29) is 11.9 Å². The summed E-state index contributed by atoms with van der Waals surface area (Å²) in [6, 6.07) is 9.94. The molecule has 3 N–H and O–H groups in total. The topological polar surface area (TPSA) is 55.1 Å². The van der Waals surface area contributed by atoms with Gasteiger partial charge >= 0.3 is 0 Å². The van der Waals surface area contributed by atoms with Crippen LogP contribution in [0, 0.1) is 5.92 Å². The first-order valence-corrected chi connectivity index (χ1v) is 8.33. The van der Waals surface area contributed by atoms with Crippen LogP contribution in [0.3, 0.4) is 0 Å². The minimum absolute atomic E-state index is 0.0460. The molecule has 0 heterocycles. The molecule has 1 unspecified atom stereocenters. The van der Waals surface area contributed by atoms with E-state index in [1.807, 2.05) is 30.3 Å². The number of benzene rings is 1. The molecule has 3 heteroatoms. The molecule has 1 aromatic carbocycles. The van der Waals surface area contributed by atoms with E-state index >= 15 is 0 Å². The van der Waals surface area contributed by atoms with Crippen LogP contribution in [0.2, 0.25) is 0 Å². The van der Waals surface area contributed by atoms with Crippen molar-refractivity contribution < 1.29 is 4.79 Å². The summed E-state index contributed by atoms with van der Waals surface area (Å²) in [6.45, 7) is 0.823. The van der Waals surface area contributed by atoms with Crippen LogP contribution in [0.4, 0.5) is 0 Å². The highest BCUT2D eigenvalue weighted by molar-refractivity contribution is 5.75. The second-order valence-electron chi connectivity index (χ2n) is 6.20. The van der Waals surface area contributed by atoms with Gasteiger partial charge in [-0.25, -0.2) is 0 Å². The van der Waals surface area contributed by atoms with E-state index in [0.29, 0.717) is 12.8 Å². The molecular weight excluding hydrogens is 260 g/mol. The molecular formula is C18H28N2O. The van der Waals surface area contributed by atoms with E-state index in [1.165, 1.54) is 32.1 Å². The lowest BCUT2D eigenvalue weighted by atomic mass is 9.87. The van der Waals surface area contributed by atoms with Gasteiger partial charge in [-0.15, -0.1) is 0 Å². The molecule has 0 saturated heterocycles. The van der Waals surface area contributed by atoms with Gasteiger partial charge < -0.3 is 11.1 Å². The molecule has 1 amide bonds. The Bertz CT molecular complexity index is 412. The molecule has 3 nitrogen and oxygen atoms in total. The molecule has 0 aromatic heterocycles. The summed E-state index contributed by atoms with van der Waals surface area (Å²) in [4.78, 5) is 11.9. The Balaban J connectivity index is 1.59. The Morgan fingerprint density at radius 1 is 1.19 bits per heavy atom. The predicted octanol–water partition coefficient (Wildman–Crippen LogP) is 3.55. The fourth-order valence-corrected chi connectivity index (χ4v) is 3.13. The zero-order valence-corrected chi connectivity index (χ0v) is 12.9. The van der Waals surface area contributed by atoms with Crippen molar-refractivity contribution in [2.24, 2.45) is 11.7 Å². The van der Waals surface area contributed by atoms with Crippen molar-refractivity contribution in [3.8, 4) is 0 Å². The van der Waals surface area contributed by atoms with Gasteiger partial charge in [0, 0.05) is 19.0 Å². The standard InChI is InChI=1S/C18H28N2O/c19-17(16-9-5-2-6-10-16)11-12-18(21)20-14-13-15-7-3-1-4-8-15/h2,5-6,9-10,15,17H,1,3-4,7-8,11-14,19H2,(H,20,21). The maximum absolute atomic E-state index is 11.9. The Morgan fingerprint density at radius 3 is 2.62 bits per heavy atom. The number of carbonyl (C=O) groups excluding carboxylic acids is 1. The van der Waals surface area contributed by atoms with E-state index < -0.39 is 0 Å². The second-order valence-corrected chi connectivity index (χ2v) is 6.20. The molecule has 1 aliphatic carbocycles. The summed E-state index contributed by atoms with van der Waals surface area (Å²) >= 11 is 0. The van der Waals surface area contributed by atoms with Crippen LogP contribution in [0.5, 0.6) is 0 Å². The van der Waals surface area contributed by atoms with Crippen molar-refractivity contribution in [1.29, 1.82) is 0 Å².